The molecule has 94 valence electrons. The zero-order valence-electron chi connectivity index (χ0n) is 10.7. The van der Waals surface area contributed by atoms with Crippen molar-refractivity contribution in [2.45, 2.75) is 58.4 Å². The van der Waals surface area contributed by atoms with Crippen LogP contribution in [0.15, 0.2) is 0 Å². The third-order valence-electron chi connectivity index (χ3n) is 3.60. The topological polar surface area (TPSA) is 55.1 Å². The van der Waals surface area contributed by atoms with Gasteiger partial charge in [0.05, 0.1) is 0 Å². The molecule has 0 radical (unpaired) electrons. The predicted octanol–water partition coefficient (Wildman–Crippen LogP) is 2.06. The zero-order chi connectivity index (χ0) is 12.0. The Labute approximate surface area is 99.2 Å². The first-order valence-electron chi connectivity index (χ1n) is 6.64. The maximum absolute atomic E-state index is 11.5. The molecule has 0 bridgehead atoms. The first-order chi connectivity index (χ1) is 7.61. The van der Waals surface area contributed by atoms with Gasteiger partial charge in [-0.3, -0.25) is 4.79 Å². The fourth-order valence-electron chi connectivity index (χ4n) is 2.46. The summed E-state index contributed by atoms with van der Waals surface area (Å²) in [6.07, 6.45) is 6.54. The Morgan fingerprint density at radius 1 is 1.50 bits per heavy atom. The Morgan fingerprint density at radius 3 is 2.88 bits per heavy atom. The molecule has 1 rings (SSSR count). The van der Waals surface area contributed by atoms with Crippen molar-refractivity contribution in [3.8, 4) is 0 Å². The Kier molecular flexibility index (Phi) is 5.81. The molecule has 16 heavy (non-hydrogen) atoms. The molecule has 0 aromatic heterocycles. The van der Waals surface area contributed by atoms with Crippen LogP contribution in [-0.4, -0.2) is 18.5 Å². The summed E-state index contributed by atoms with van der Waals surface area (Å²) in [5.41, 5.74) is 5.74. The van der Waals surface area contributed by atoms with Crippen LogP contribution in [0.5, 0.6) is 0 Å². The standard InChI is InChI=1S/C13H26N2O/c1-3-12(14)8-13(16)15-9-11-6-4-5-10(2)7-11/h10-12H,3-9,14H2,1-2H3,(H,15,16). The van der Waals surface area contributed by atoms with Crippen molar-refractivity contribution in [3.05, 3.63) is 0 Å². The van der Waals surface area contributed by atoms with Crippen molar-refractivity contribution >= 4 is 5.91 Å². The van der Waals surface area contributed by atoms with Gasteiger partial charge in [0.1, 0.15) is 0 Å². The predicted molar refractivity (Wildman–Crippen MR) is 67.0 cm³/mol. The molecule has 3 N–H and O–H groups in total. The number of carbonyl (C=O) groups excluding carboxylic acids is 1. The van der Waals surface area contributed by atoms with Crippen LogP contribution < -0.4 is 11.1 Å². The van der Waals surface area contributed by atoms with E-state index in [1.807, 2.05) is 6.92 Å². The summed E-state index contributed by atoms with van der Waals surface area (Å²) in [4.78, 5) is 11.5. The Hall–Kier alpha value is -0.570. The SMILES string of the molecule is CCC(N)CC(=O)NCC1CCCC(C)C1. The molecule has 0 saturated heterocycles. The fraction of sp³-hybridized carbons (Fsp3) is 0.923. The van der Waals surface area contributed by atoms with Crippen LogP contribution in [0.3, 0.4) is 0 Å². The average molecular weight is 226 g/mol. The van der Waals surface area contributed by atoms with Crippen LogP contribution in [0.2, 0.25) is 0 Å². The number of rotatable bonds is 5. The molecule has 1 saturated carbocycles. The number of nitrogens with two attached hydrogens (primary N) is 1. The summed E-state index contributed by atoms with van der Waals surface area (Å²) >= 11 is 0. The second kappa shape index (κ2) is 6.89. The van der Waals surface area contributed by atoms with E-state index in [0.29, 0.717) is 12.3 Å². The van der Waals surface area contributed by atoms with Crippen molar-refractivity contribution in [3.63, 3.8) is 0 Å². The molecule has 0 spiro atoms. The molecule has 3 unspecified atom stereocenters. The highest BCUT2D eigenvalue weighted by molar-refractivity contribution is 5.76. The van der Waals surface area contributed by atoms with E-state index < -0.39 is 0 Å². The first kappa shape index (κ1) is 13.5. The summed E-state index contributed by atoms with van der Waals surface area (Å²) < 4.78 is 0. The lowest BCUT2D eigenvalue weighted by atomic mass is 9.82. The van der Waals surface area contributed by atoms with Crippen molar-refractivity contribution in [2.24, 2.45) is 17.6 Å². The highest BCUT2D eigenvalue weighted by Gasteiger charge is 2.19. The second-order valence-corrected chi connectivity index (χ2v) is 5.31. The molecule has 0 aromatic carbocycles. The monoisotopic (exact) mass is 226 g/mol. The molecule has 1 aliphatic rings. The number of nitrogens with one attached hydrogen (secondary N) is 1. The van der Waals surface area contributed by atoms with E-state index in [1.54, 1.807) is 0 Å². The number of hydrogen-bond donors (Lipinski definition) is 2. The molecule has 1 fully saturated rings. The van der Waals surface area contributed by atoms with Gasteiger partial charge in [-0.15, -0.1) is 0 Å². The first-order valence-corrected chi connectivity index (χ1v) is 6.64. The van der Waals surface area contributed by atoms with Gasteiger partial charge in [0.2, 0.25) is 5.91 Å². The van der Waals surface area contributed by atoms with Gasteiger partial charge in [-0.25, -0.2) is 0 Å². The Balaban J connectivity index is 2.15. The summed E-state index contributed by atoms with van der Waals surface area (Å²) in [5.74, 6) is 1.63. The smallest absolute Gasteiger partial charge is 0.221 e. The van der Waals surface area contributed by atoms with Gasteiger partial charge in [-0.1, -0.05) is 26.7 Å². The van der Waals surface area contributed by atoms with Gasteiger partial charge < -0.3 is 11.1 Å². The minimum absolute atomic E-state index is 0.0188. The molecule has 0 aromatic rings. The van der Waals surface area contributed by atoms with Crippen molar-refractivity contribution in [2.75, 3.05) is 6.54 Å². The lowest BCUT2D eigenvalue weighted by Crippen LogP contribution is -2.35. The normalized spacial score (nSPS) is 27.4. The lowest BCUT2D eigenvalue weighted by Gasteiger charge is -2.26. The van der Waals surface area contributed by atoms with Crippen LogP contribution in [0.25, 0.3) is 0 Å². The molecule has 1 aliphatic carbocycles. The fourth-order valence-corrected chi connectivity index (χ4v) is 2.46. The third kappa shape index (κ3) is 4.97. The van der Waals surface area contributed by atoms with Gasteiger partial charge in [-0.2, -0.15) is 0 Å². The van der Waals surface area contributed by atoms with Crippen LogP contribution in [0.4, 0.5) is 0 Å². The maximum atomic E-state index is 11.5. The molecule has 1 amide bonds. The van der Waals surface area contributed by atoms with Crippen molar-refractivity contribution < 1.29 is 4.79 Å². The summed E-state index contributed by atoms with van der Waals surface area (Å²) in [7, 11) is 0. The third-order valence-corrected chi connectivity index (χ3v) is 3.60. The van der Waals surface area contributed by atoms with E-state index in [-0.39, 0.29) is 11.9 Å². The van der Waals surface area contributed by atoms with E-state index in [0.717, 1.165) is 18.9 Å². The van der Waals surface area contributed by atoms with Crippen LogP contribution in [0.1, 0.15) is 52.4 Å². The van der Waals surface area contributed by atoms with Crippen LogP contribution in [0, 0.1) is 11.8 Å². The van der Waals surface area contributed by atoms with Gasteiger partial charge in [0.15, 0.2) is 0 Å². The highest BCUT2D eigenvalue weighted by Crippen LogP contribution is 2.27. The Morgan fingerprint density at radius 2 is 2.25 bits per heavy atom. The number of hydrogen-bond acceptors (Lipinski definition) is 2. The minimum atomic E-state index is 0.0188. The molecular weight excluding hydrogens is 200 g/mol. The van der Waals surface area contributed by atoms with Gasteiger partial charge in [0, 0.05) is 19.0 Å². The highest BCUT2D eigenvalue weighted by atomic mass is 16.1. The quantitative estimate of drug-likeness (QED) is 0.754. The summed E-state index contributed by atoms with van der Waals surface area (Å²) in [6, 6.07) is 0.0188. The summed E-state index contributed by atoms with van der Waals surface area (Å²) in [5, 5.41) is 3.02. The minimum Gasteiger partial charge on any atom is -0.356 e. The van der Waals surface area contributed by atoms with E-state index in [4.69, 9.17) is 5.73 Å². The van der Waals surface area contributed by atoms with Gasteiger partial charge in [0.25, 0.3) is 0 Å². The second-order valence-electron chi connectivity index (χ2n) is 5.31. The van der Waals surface area contributed by atoms with Crippen LogP contribution >= 0.6 is 0 Å². The molecule has 3 atom stereocenters. The van der Waals surface area contributed by atoms with E-state index in [1.165, 1.54) is 25.7 Å². The lowest BCUT2D eigenvalue weighted by molar-refractivity contribution is -0.121. The molecule has 0 aliphatic heterocycles. The largest absolute Gasteiger partial charge is 0.356 e. The number of amides is 1. The van der Waals surface area contributed by atoms with E-state index in [9.17, 15) is 4.79 Å². The summed E-state index contributed by atoms with van der Waals surface area (Å²) in [6.45, 7) is 5.17. The zero-order valence-corrected chi connectivity index (χ0v) is 10.7. The maximum Gasteiger partial charge on any atom is 0.221 e. The van der Waals surface area contributed by atoms with E-state index in [2.05, 4.69) is 12.2 Å². The number of carbonyl (C=O) groups is 1. The average Bonchev–Trinajstić information content (AvgIpc) is 2.26. The van der Waals surface area contributed by atoms with E-state index >= 15 is 0 Å². The van der Waals surface area contributed by atoms with Gasteiger partial charge in [-0.05, 0) is 31.1 Å². The molecular formula is C13H26N2O. The Bertz CT molecular complexity index is 218. The van der Waals surface area contributed by atoms with Crippen molar-refractivity contribution in [1.82, 2.24) is 5.32 Å². The molecule has 3 nitrogen and oxygen atoms in total. The molecule has 3 heteroatoms. The van der Waals surface area contributed by atoms with Gasteiger partial charge >= 0.3 is 0 Å². The van der Waals surface area contributed by atoms with Crippen LogP contribution in [-0.2, 0) is 4.79 Å². The van der Waals surface area contributed by atoms with Crippen molar-refractivity contribution in [1.29, 1.82) is 0 Å². The molecule has 0 heterocycles.